The molecular weight excluding hydrogens is 192 g/mol. The third-order valence-electron chi connectivity index (χ3n) is 2.63. The molecule has 0 unspecified atom stereocenters. The highest BCUT2D eigenvalue weighted by molar-refractivity contribution is 5.75. The van der Waals surface area contributed by atoms with Crippen molar-refractivity contribution in [3.8, 4) is 0 Å². The molecule has 15 heavy (non-hydrogen) atoms. The Morgan fingerprint density at radius 3 is 2.07 bits per heavy atom. The van der Waals surface area contributed by atoms with Gasteiger partial charge < -0.3 is 9.84 Å². The van der Waals surface area contributed by atoms with Crippen LogP contribution in [0, 0.1) is 0 Å². The molecule has 1 rings (SSSR count). The predicted molar refractivity (Wildman–Crippen MR) is 57.9 cm³/mol. The first kappa shape index (κ1) is 11.7. The summed E-state index contributed by atoms with van der Waals surface area (Å²) in [5, 5.41) is 8.84. The molecule has 1 aromatic rings. The lowest BCUT2D eigenvalue weighted by Gasteiger charge is -2.11. The molecule has 1 N–H and O–H groups in total. The average molecular weight is 208 g/mol. The average Bonchev–Trinajstić information content (AvgIpc) is 2.27. The van der Waals surface area contributed by atoms with E-state index in [4.69, 9.17) is 9.84 Å². The molecule has 0 saturated carbocycles. The van der Waals surface area contributed by atoms with Gasteiger partial charge in [0.05, 0.1) is 12.0 Å². The number of hydrogen-bond donors (Lipinski definition) is 1. The third kappa shape index (κ3) is 2.80. The molecule has 1 aromatic carbocycles. The SMILES string of the molecule is CO[C@@H](C)c1ccc([C@H](C)C(=O)O)cc1. The van der Waals surface area contributed by atoms with E-state index in [-0.39, 0.29) is 6.10 Å². The fourth-order valence-corrected chi connectivity index (χ4v) is 1.33. The second-order valence-electron chi connectivity index (χ2n) is 3.60. The van der Waals surface area contributed by atoms with Crippen molar-refractivity contribution in [2.45, 2.75) is 25.9 Å². The first-order valence-corrected chi connectivity index (χ1v) is 4.91. The number of ether oxygens (including phenoxy) is 1. The van der Waals surface area contributed by atoms with Crippen LogP contribution in [0.3, 0.4) is 0 Å². The zero-order valence-electron chi connectivity index (χ0n) is 9.23. The Morgan fingerprint density at radius 2 is 1.67 bits per heavy atom. The van der Waals surface area contributed by atoms with E-state index in [2.05, 4.69) is 0 Å². The van der Waals surface area contributed by atoms with E-state index < -0.39 is 11.9 Å². The Morgan fingerprint density at radius 1 is 1.20 bits per heavy atom. The lowest BCUT2D eigenvalue weighted by Crippen LogP contribution is -2.07. The van der Waals surface area contributed by atoms with Crippen LogP contribution in [0.15, 0.2) is 24.3 Å². The van der Waals surface area contributed by atoms with Crippen molar-refractivity contribution in [2.75, 3.05) is 7.11 Å². The largest absolute Gasteiger partial charge is 0.481 e. The molecule has 0 aliphatic carbocycles. The Labute approximate surface area is 89.7 Å². The highest BCUT2D eigenvalue weighted by Gasteiger charge is 2.13. The number of carboxylic acid groups (broad SMARTS) is 1. The summed E-state index contributed by atoms with van der Waals surface area (Å²) < 4.78 is 5.17. The van der Waals surface area contributed by atoms with Gasteiger partial charge in [-0.3, -0.25) is 4.79 Å². The number of methoxy groups -OCH3 is 1. The van der Waals surface area contributed by atoms with Crippen LogP contribution in [0.2, 0.25) is 0 Å². The van der Waals surface area contributed by atoms with Gasteiger partial charge >= 0.3 is 5.97 Å². The van der Waals surface area contributed by atoms with Crippen LogP contribution in [0.5, 0.6) is 0 Å². The van der Waals surface area contributed by atoms with Gasteiger partial charge in [0.1, 0.15) is 0 Å². The first-order valence-electron chi connectivity index (χ1n) is 4.91. The number of rotatable bonds is 4. The molecule has 0 spiro atoms. The summed E-state index contributed by atoms with van der Waals surface area (Å²) in [5.41, 5.74) is 1.87. The molecule has 0 radical (unpaired) electrons. The molecule has 3 heteroatoms. The van der Waals surface area contributed by atoms with Crippen molar-refractivity contribution >= 4 is 5.97 Å². The van der Waals surface area contributed by atoms with Crippen molar-refractivity contribution in [1.29, 1.82) is 0 Å². The first-order chi connectivity index (χ1) is 7.06. The molecule has 2 atom stereocenters. The molecule has 3 nitrogen and oxygen atoms in total. The van der Waals surface area contributed by atoms with Crippen molar-refractivity contribution in [1.82, 2.24) is 0 Å². The highest BCUT2D eigenvalue weighted by atomic mass is 16.5. The summed E-state index contributed by atoms with van der Waals surface area (Å²) in [6.07, 6.45) is 0.0409. The van der Waals surface area contributed by atoms with Gasteiger partial charge in [-0.2, -0.15) is 0 Å². The maximum atomic E-state index is 10.8. The Hall–Kier alpha value is -1.35. The number of hydrogen-bond acceptors (Lipinski definition) is 2. The monoisotopic (exact) mass is 208 g/mol. The van der Waals surface area contributed by atoms with Gasteiger partial charge in [0, 0.05) is 7.11 Å². The van der Waals surface area contributed by atoms with Gasteiger partial charge in [0.15, 0.2) is 0 Å². The van der Waals surface area contributed by atoms with Gasteiger partial charge in [-0.15, -0.1) is 0 Å². The molecule has 0 heterocycles. The molecule has 0 amide bonds. The van der Waals surface area contributed by atoms with Gasteiger partial charge in [-0.05, 0) is 25.0 Å². The molecule has 0 fully saturated rings. The Bertz CT molecular complexity index is 329. The van der Waals surface area contributed by atoms with Crippen molar-refractivity contribution in [3.05, 3.63) is 35.4 Å². The van der Waals surface area contributed by atoms with E-state index in [1.807, 2.05) is 31.2 Å². The van der Waals surface area contributed by atoms with Crippen LogP contribution in [-0.4, -0.2) is 18.2 Å². The lowest BCUT2D eigenvalue weighted by molar-refractivity contribution is -0.138. The maximum absolute atomic E-state index is 10.8. The van der Waals surface area contributed by atoms with E-state index >= 15 is 0 Å². The minimum atomic E-state index is -0.803. The summed E-state index contributed by atoms with van der Waals surface area (Å²) in [6.45, 7) is 3.63. The van der Waals surface area contributed by atoms with Crippen molar-refractivity contribution in [2.24, 2.45) is 0 Å². The second-order valence-corrected chi connectivity index (χ2v) is 3.60. The molecule has 0 bridgehead atoms. The predicted octanol–water partition coefficient (Wildman–Crippen LogP) is 2.58. The standard InChI is InChI=1S/C12H16O3/c1-8(12(13)14)10-4-6-11(7-5-10)9(2)15-3/h4-9H,1-3H3,(H,13,14)/t8-,9-/m0/s1. The summed E-state index contributed by atoms with van der Waals surface area (Å²) in [7, 11) is 1.65. The highest BCUT2D eigenvalue weighted by Crippen LogP contribution is 2.20. The van der Waals surface area contributed by atoms with Gasteiger partial charge in [-0.1, -0.05) is 24.3 Å². The van der Waals surface area contributed by atoms with Gasteiger partial charge in [0.2, 0.25) is 0 Å². The summed E-state index contributed by atoms with van der Waals surface area (Å²) >= 11 is 0. The lowest BCUT2D eigenvalue weighted by atomic mass is 9.99. The van der Waals surface area contributed by atoms with Crippen LogP contribution < -0.4 is 0 Å². The topological polar surface area (TPSA) is 46.5 Å². The number of carboxylic acids is 1. The van der Waals surface area contributed by atoms with E-state index in [1.54, 1.807) is 14.0 Å². The summed E-state index contributed by atoms with van der Waals surface area (Å²) in [5.74, 6) is -1.26. The second kappa shape index (κ2) is 4.94. The zero-order valence-corrected chi connectivity index (χ0v) is 9.23. The fourth-order valence-electron chi connectivity index (χ4n) is 1.33. The molecule has 0 aliphatic rings. The van der Waals surface area contributed by atoms with Crippen LogP contribution in [0.25, 0.3) is 0 Å². The summed E-state index contributed by atoms with van der Waals surface area (Å²) in [4.78, 5) is 10.8. The molecule has 0 aliphatic heterocycles. The zero-order chi connectivity index (χ0) is 11.4. The van der Waals surface area contributed by atoms with E-state index in [0.29, 0.717) is 0 Å². The number of carbonyl (C=O) groups is 1. The maximum Gasteiger partial charge on any atom is 0.310 e. The van der Waals surface area contributed by atoms with Crippen LogP contribution in [0.1, 0.15) is 37.0 Å². The smallest absolute Gasteiger partial charge is 0.310 e. The minimum Gasteiger partial charge on any atom is -0.481 e. The normalized spacial score (nSPS) is 14.6. The quantitative estimate of drug-likeness (QED) is 0.827. The van der Waals surface area contributed by atoms with Crippen molar-refractivity contribution in [3.63, 3.8) is 0 Å². The van der Waals surface area contributed by atoms with Crippen LogP contribution in [0.4, 0.5) is 0 Å². The minimum absolute atomic E-state index is 0.0409. The molecule has 0 saturated heterocycles. The van der Waals surface area contributed by atoms with Gasteiger partial charge in [0.25, 0.3) is 0 Å². The number of benzene rings is 1. The van der Waals surface area contributed by atoms with Crippen LogP contribution in [-0.2, 0) is 9.53 Å². The van der Waals surface area contributed by atoms with Crippen LogP contribution >= 0.6 is 0 Å². The molecule has 82 valence electrons. The third-order valence-corrected chi connectivity index (χ3v) is 2.63. The number of aliphatic carboxylic acids is 1. The Balaban J connectivity index is 2.85. The van der Waals surface area contributed by atoms with E-state index in [0.717, 1.165) is 11.1 Å². The van der Waals surface area contributed by atoms with Gasteiger partial charge in [-0.25, -0.2) is 0 Å². The molecule has 0 aromatic heterocycles. The Kier molecular flexibility index (Phi) is 3.86. The van der Waals surface area contributed by atoms with E-state index in [9.17, 15) is 4.79 Å². The van der Waals surface area contributed by atoms with E-state index in [1.165, 1.54) is 0 Å². The summed E-state index contributed by atoms with van der Waals surface area (Å²) in [6, 6.07) is 7.49. The molecular formula is C12H16O3. The van der Waals surface area contributed by atoms with Crippen molar-refractivity contribution < 1.29 is 14.6 Å². The fraction of sp³-hybridized carbons (Fsp3) is 0.417.